The minimum absolute atomic E-state index is 0.0871. The van der Waals surface area contributed by atoms with Crippen molar-refractivity contribution in [3.63, 3.8) is 0 Å². The molecule has 0 radical (unpaired) electrons. The number of carbonyl (C=O) groups excluding carboxylic acids is 1. The van der Waals surface area contributed by atoms with Crippen LogP contribution in [-0.2, 0) is 11.3 Å². The topological polar surface area (TPSA) is 44.7 Å². The average Bonchev–Trinajstić information content (AvgIpc) is 2.98. The van der Waals surface area contributed by atoms with Crippen molar-refractivity contribution in [3.8, 4) is 0 Å². The molecule has 1 N–H and O–H groups in total. The van der Waals surface area contributed by atoms with Crippen molar-refractivity contribution in [2.24, 2.45) is 4.99 Å². The molecular weight excluding hydrogens is 350 g/mol. The van der Waals surface area contributed by atoms with E-state index < -0.39 is 0 Å². The number of fused-ring (bicyclic) bond motifs is 1. The van der Waals surface area contributed by atoms with Gasteiger partial charge in [0.15, 0.2) is 0 Å². The summed E-state index contributed by atoms with van der Waals surface area (Å²) >= 11 is 2.96. The first kappa shape index (κ1) is 17.6. The number of nitrogens with one attached hydrogen (secondary N) is 1. The largest absolute Gasteiger partial charge is 0.347 e. The van der Waals surface area contributed by atoms with E-state index in [4.69, 9.17) is 0 Å². The van der Waals surface area contributed by atoms with Crippen LogP contribution in [0, 0.1) is 0 Å². The number of nitrogens with zero attached hydrogens (tertiary/aromatic N) is 2. The highest BCUT2D eigenvalue weighted by Crippen LogP contribution is 2.47. The Morgan fingerprint density at radius 2 is 1.92 bits per heavy atom. The van der Waals surface area contributed by atoms with Crippen molar-refractivity contribution in [3.05, 3.63) is 70.1 Å². The fourth-order valence-electron chi connectivity index (χ4n) is 2.47. The number of rotatable bonds is 5. The Bertz CT molecular complexity index is 818. The molecule has 1 heterocycles. The molecule has 1 aliphatic rings. The number of anilines is 1. The van der Waals surface area contributed by atoms with Crippen molar-refractivity contribution in [1.82, 2.24) is 5.32 Å². The molecule has 2 aromatic rings. The van der Waals surface area contributed by atoms with E-state index in [1.54, 1.807) is 24.4 Å². The molecule has 0 spiro atoms. The van der Waals surface area contributed by atoms with Gasteiger partial charge < -0.3 is 10.2 Å². The maximum absolute atomic E-state index is 12.8. The SMILES string of the molecule is CN=CS/C(C(=O)NCc1ccccc1)=C1\Sc2ccccc2N1C. The minimum atomic E-state index is -0.0871. The molecule has 0 saturated heterocycles. The Kier molecular flexibility index (Phi) is 5.83. The summed E-state index contributed by atoms with van der Waals surface area (Å²) in [4.78, 5) is 20.7. The number of amides is 1. The van der Waals surface area contributed by atoms with Gasteiger partial charge in [0.2, 0.25) is 0 Å². The van der Waals surface area contributed by atoms with Gasteiger partial charge in [0.25, 0.3) is 5.91 Å². The second-order valence-corrected chi connectivity index (χ2v) is 7.30. The first-order valence-corrected chi connectivity index (χ1v) is 9.54. The third-order valence-corrected chi connectivity index (χ3v) is 6.01. The molecular formula is C19H19N3OS2. The molecule has 1 amide bonds. The summed E-state index contributed by atoms with van der Waals surface area (Å²) in [7, 11) is 3.69. The van der Waals surface area contributed by atoms with E-state index in [-0.39, 0.29) is 5.91 Å². The van der Waals surface area contributed by atoms with Gasteiger partial charge in [-0.3, -0.25) is 9.79 Å². The number of benzene rings is 2. The molecule has 0 aliphatic carbocycles. The molecule has 25 heavy (non-hydrogen) atoms. The van der Waals surface area contributed by atoms with Gasteiger partial charge in [0.1, 0.15) is 4.91 Å². The average molecular weight is 370 g/mol. The van der Waals surface area contributed by atoms with Gasteiger partial charge >= 0.3 is 0 Å². The smallest absolute Gasteiger partial charge is 0.261 e. The fourth-order valence-corrected chi connectivity index (χ4v) is 4.45. The molecule has 128 valence electrons. The Labute approximate surface area is 156 Å². The van der Waals surface area contributed by atoms with Crippen molar-refractivity contribution < 1.29 is 4.79 Å². The first-order valence-electron chi connectivity index (χ1n) is 7.85. The quantitative estimate of drug-likeness (QED) is 0.489. The lowest BCUT2D eigenvalue weighted by Gasteiger charge is -2.17. The second-order valence-electron chi connectivity index (χ2n) is 5.41. The fraction of sp³-hybridized carbons (Fsp3) is 0.158. The molecule has 4 nitrogen and oxygen atoms in total. The van der Waals surface area contributed by atoms with E-state index in [1.807, 2.05) is 49.5 Å². The lowest BCUT2D eigenvalue weighted by atomic mass is 10.2. The van der Waals surface area contributed by atoms with Gasteiger partial charge in [-0.05, 0) is 17.7 Å². The van der Waals surface area contributed by atoms with Crippen LogP contribution in [0.4, 0.5) is 5.69 Å². The summed E-state index contributed by atoms with van der Waals surface area (Å²) < 4.78 is 0. The Balaban J connectivity index is 1.83. The minimum Gasteiger partial charge on any atom is -0.347 e. The van der Waals surface area contributed by atoms with Gasteiger partial charge in [0, 0.05) is 25.5 Å². The Hall–Kier alpha value is -2.18. The number of thioether (sulfide) groups is 2. The molecule has 0 aromatic heterocycles. The van der Waals surface area contributed by atoms with Gasteiger partial charge in [-0.15, -0.1) is 0 Å². The third kappa shape index (κ3) is 4.08. The monoisotopic (exact) mass is 369 g/mol. The highest BCUT2D eigenvalue weighted by molar-refractivity contribution is 8.17. The summed E-state index contributed by atoms with van der Waals surface area (Å²) in [5.74, 6) is -0.0871. The molecule has 1 aliphatic heterocycles. The summed E-state index contributed by atoms with van der Waals surface area (Å²) in [6.45, 7) is 0.502. The lowest BCUT2D eigenvalue weighted by molar-refractivity contribution is -0.117. The van der Waals surface area contributed by atoms with Crippen LogP contribution in [0.2, 0.25) is 0 Å². The zero-order chi connectivity index (χ0) is 17.6. The highest BCUT2D eigenvalue weighted by atomic mass is 32.2. The standard InChI is InChI=1S/C19H19N3OS2/c1-20-13-24-17(18(23)21-12-14-8-4-3-5-9-14)19-22(2)15-10-6-7-11-16(15)25-19/h3-11,13H,12H2,1-2H3,(H,21,23)/b19-17-,20-13?. The van der Waals surface area contributed by atoms with Crippen molar-refractivity contribution in [2.75, 3.05) is 19.0 Å². The number of carbonyl (C=O) groups is 1. The molecule has 3 rings (SSSR count). The highest BCUT2D eigenvalue weighted by Gasteiger charge is 2.27. The lowest BCUT2D eigenvalue weighted by Crippen LogP contribution is -2.26. The van der Waals surface area contributed by atoms with E-state index in [9.17, 15) is 4.79 Å². The van der Waals surface area contributed by atoms with Crippen molar-refractivity contribution in [2.45, 2.75) is 11.4 Å². The van der Waals surface area contributed by atoms with Crippen LogP contribution in [0.25, 0.3) is 0 Å². The van der Waals surface area contributed by atoms with Crippen LogP contribution >= 0.6 is 23.5 Å². The maximum atomic E-state index is 12.8. The van der Waals surface area contributed by atoms with Gasteiger partial charge in [-0.2, -0.15) is 0 Å². The summed E-state index contributed by atoms with van der Waals surface area (Å²) in [6.07, 6.45) is 0. The summed E-state index contributed by atoms with van der Waals surface area (Å²) in [5, 5.41) is 3.94. The molecule has 0 atom stereocenters. The van der Waals surface area contributed by atoms with Crippen LogP contribution in [0.5, 0.6) is 0 Å². The van der Waals surface area contributed by atoms with E-state index in [0.717, 1.165) is 21.2 Å². The van der Waals surface area contributed by atoms with Crippen LogP contribution in [0.15, 0.2) is 74.4 Å². The van der Waals surface area contributed by atoms with Gasteiger partial charge in [0.05, 0.1) is 16.3 Å². The van der Waals surface area contributed by atoms with Crippen LogP contribution in [0.3, 0.4) is 0 Å². The first-order chi connectivity index (χ1) is 12.2. The normalized spacial score (nSPS) is 15.4. The number of hydrogen-bond donors (Lipinski definition) is 1. The van der Waals surface area contributed by atoms with Crippen molar-refractivity contribution in [1.29, 1.82) is 0 Å². The maximum Gasteiger partial charge on any atom is 0.261 e. The third-order valence-electron chi connectivity index (χ3n) is 3.71. The van der Waals surface area contributed by atoms with E-state index in [2.05, 4.69) is 27.3 Å². The van der Waals surface area contributed by atoms with E-state index in [0.29, 0.717) is 11.4 Å². The molecule has 2 aromatic carbocycles. The van der Waals surface area contributed by atoms with Crippen LogP contribution < -0.4 is 10.2 Å². The summed E-state index contributed by atoms with van der Waals surface area (Å²) in [5.41, 5.74) is 3.89. The molecule has 0 saturated carbocycles. The van der Waals surface area contributed by atoms with Crippen LogP contribution in [0.1, 0.15) is 5.56 Å². The number of hydrogen-bond acceptors (Lipinski definition) is 5. The van der Waals surface area contributed by atoms with Crippen LogP contribution in [-0.4, -0.2) is 25.5 Å². The summed E-state index contributed by atoms with van der Waals surface area (Å²) in [6, 6.07) is 18.1. The molecule has 6 heteroatoms. The molecule has 0 fully saturated rings. The molecule has 0 unspecified atom stereocenters. The zero-order valence-electron chi connectivity index (χ0n) is 14.1. The van der Waals surface area contributed by atoms with E-state index in [1.165, 1.54) is 11.8 Å². The van der Waals surface area contributed by atoms with Crippen molar-refractivity contribution >= 4 is 40.7 Å². The Morgan fingerprint density at radius 3 is 2.64 bits per heavy atom. The predicted octanol–water partition coefficient (Wildman–Crippen LogP) is 4.11. The number of aliphatic imine (C=N–C) groups is 1. The van der Waals surface area contributed by atoms with Gasteiger partial charge in [-0.25, -0.2) is 0 Å². The van der Waals surface area contributed by atoms with E-state index >= 15 is 0 Å². The molecule has 0 bridgehead atoms. The zero-order valence-corrected chi connectivity index (χ0v) is 15.7. The number of para-hydroxylation sites is 1. The van der Waals surface area contributed by atoms with Gasteiger partial charge in [-0.1, -0.05) is 66.0 Å². The second kappa shape index (κ2) is 8.27. The predicted molar refractivity (Wildman–Crippen MR) is 108 cm³/mol. The Morgan fingerprint density at radius 1 is 1.20 bits per heavy atom.